The minimum absolute atomic E-state index is 0.175. The molecule has 0 spiro atoms. The maximum atomic E-state index is 11.4. The summed E-state index contributed by atoms with van der Waals surface area (Å²) in [6.45, 7) is 4.36. The van der Waals surface area contributed by atoms with Crippen LogP contribution in [0.3, 0.4) is 0 Å². The number of carbonyl (C=O) groups is 2. The third kappa shape index (κ3) is 6.65. The summed E-state index contributed by atoms with van der Waals surface area (Å²) in [6, 6.07) is 7.25. The van der Waals surface area contributed by atoms with Crippen LogP contribution in [0.4, 0.5) is 0 Å². The Hall–Kier alpha value is -2.24. The van der Waals surface area contributed by atoms with Gasteiger partial charge in [-0.05, 0) is 44.5 Å². The maximum Gasteiger partial charge on any atom is 0.306 e. The Morgan fingerprint density at radius 3 is 2.24 bits per heavy atom. The molecule has 0 aliphatic carbocycles. The highest BCUT2D eigenvalue weighted by atomic mass is 16.5. The Labute approximate surface area is 124 Å². The minimum Gasteiger partial charge on any atom is -0.494 e. The summed E-state index contributed by atoms with van der Waals surface area (Å²) >= 11 is 0. The summed E-state index contributed by atoms with van der Waals surface area (Å²) in [5.74, 6) is 0.372. The van der Waals surface area contributed by atoms with Gasteiger partial charge in [0.2, 0.25) is 0 Å². The number of ether oxygens (including phenoxy) is 3. The first kappa shape index (κ1) is 16.8. The molecule has 0 radical (unpaired) electrons. The molecule has 1 aromatic rings. The van der Waals surface area contributed by atoms with Gasteiger partial charge in [0.25, 0.3) is 5.91 Å². The number of benzene rings is 1. The molecule has 116 valence electrons. The van der Waals surface area contributed by atoms with Crippen molar-refractivity contribution in [2.24, 2.45) is 5.73 Å². The molecule has 1 rings (SSSR count). The number of hydrogen-bond acceptors (Lipinski definition) is 5. The molecule has 1 atom stereocenters. The molecule has 0 bridgehead atoms. The van der Waals surface area contributed by atoms with E-state index in [1.807, 2.05) is 19.1 Å². The van der Waals surface area contributed by atoms with Crippen molar-refractivity contribution in [1.29, 1.82) is 0 Å². The highest BCUT2D eigenvalue weighted by Crippen LogP contribution is 2.17. The second-order valence-corrected chi connectivity index (χ2v) is 4.39. The summed E-state index contributed by atoms with van der Waals surface area (Å²) in [5, 5.41) is 0. The number of hydrogen-bond donors (Lipinski definition) is 1. The van der Waals surface area contributed by atoms with Crippen molar-refractivity contribution in [1.82, 2.24) is 0 Å². The second kappa shape index (κ2) is 8.84. The van der Waals surface area contributed by atoms with E-state index in [4.69, 9.17) is 19.9 Å². The van der Waals surface area contributed by atoms with Crippen LogP contribution in [0.1, 0.15) is 26.7 Å². The molecule has 0 aliphatic heterocycles. The molecule has 0 saturated heterocycles. The fraction of sp³-hybridized carbons (Fsp3) is 0.467. The first-order chi connectivity index (χ1) is 10.0. The van der Waals surface area contributed by atoms with E-state index in [0.717, 1.165) is 5.75 Å². The summed E-state index contributed by atoms with van der Waals surface area (Å²) in [6.07, 6.45) is -0.226. The largest absolute Gasteiger partial charge is 0.494 e. The van der Waals surface area contributed by atoms with Gasteiger partial charge in [-0.2, -0.15) is 0 Å². The smallest absolute Gasteiger partial charge is 0.306 e. The average molecular weight is 295 g/mol. The average Bonchev–Trinajstić information content (AvgIpc) is 2.45. The van der Waals surface area contributed by atoms with Crippen LogP contribution in [0, 0.1) is 0 Å². The molecule has 6 heteroatoms. The van der Waals surface area contributed by atoms with Gasteiger partial charge in [-0.25, -0.2) is 0 Å². The maximum absolute atomic E-state index is 11.4. The van der Waals surface area contributed by atoms with E-state index in [-0.39, 0.29) is 6.42 Å². The molecule has 2 N–H and O–H groups in total. The van der Waals surface area contributed by atoms with Gasteiger partial charge >= 0.3 is 5.97 Å². The van der Waals surface area contributed by atoms with Crippen LogP contribution in [-0.4, -0.2) is 31.2 Å². The minimum atomic E-state index is -0.899. The summed E-state index contributed by atoms with van der Waals surface area (Å²) < 4.78 is 15.6. The standard InChI is InChI=1S/C15H21NO5/c1-3-19-12-6-8-13(9-7-12)20-10-4-5-14(17)21-11(2)15(16)18/h6-9,11H,3-5,10H2,1-2H3,(H2,16,18)/t11-/m0/s1. The van der Waals surface area contributed by atoms with Crippen LogP contribution in [0.25, 0.3) is 0 Å². The molecule has 0 heterocycles. The van der Waals surface area contributed by atoms with Gasteiger partial charge in [0.15, 0.2) is 6.10 Å². The van der Waals surface area contributed by atoms with Crippen molar-refractivity contribution in [3.63, 3.8) is 0 Å². The van der Waals surface area contributed by atoms with Gasteiger partial charge in [-0.3, -0.25) is 9.59 Å². The van der Waals surface area contributed by atoms with Gasteiger partial charge in [0, 0.05) is 6.42 Å². The number of rotatable bonds is 9. The van der Waals surface area contributed by atoms with Crippen molar-refractivity contribution in [2.75, 3.05) is 13.2 Å². The summed E-state index contributed by atoms with van der Waals surface area (Å²) in [4.78, 5) is 22.1. The first-order valence-electron chi connectivity index (χ1n) is 6.87. The molecule has 1 aromatic carbocycles. The van der Waals surface area contributed by atoms with E-state index in [9.17, 15) is 9.59 Å². The van der Waals surface area contributed by atoms with Crippen LogP contribution in [0.2, 0.25) is 0 Å². The van der Waals surface area contributed by atoms with Gasteiger partial charge in [-0.15, -0.1) is 0 Å². The zero-order chi connectivity index (χ0) is 15.7. The van der Waals surface area contributed by atoms with Gasteiger partial charge < -0.3 is 19.9 Å². The lowest BCUT2D eigenvalue weighted by Crippen LogP contribution is -2.30. The zero-order valence-electron chi connectivity index (χ0n) is 12.3. The fourth-order valence-electron chi connectivity index (χ4n) is 1.52. The lowest BCUT2D eigenvalue weighted by molar-refractivity contribution is -0.153. The quantitative estimate of drug-likeness (QED) is 0.553. The van der Waals surface area contributed by atoms with Crippen molar-refractivity contribution in [2.45, 2.75) is 32.8 Å². The SMILES string of the molecule is CCOc1ccc(OCCCC(=O)O[C@@H](C)C(N)=O)cc1. The molecule has 1 amide bonds. The number of esters is 1. The summed E-state index contributed by atoms with van der Waals surface area (Å²) in [5.41, 5.74) is 5.00. The van der Waals surface area contributed by atoms with E-state index in [1.54, 1.807) is 12.1 Å². The third-order valence-corrected chi connectivity index (χ3v) is 2.64. The predicted octanol–water partition coefficient (Wildman–Crippen LogP) is 1.66. The molecular formula is C15H21NO5. The molecule has 0 aliphatic rings. The highest BCUT2D eigenvalue weighted by Gasteiger charge is 2.13. The molecule has 0 fully saturated rings. The lowest BCUT2D eigenvalue weighted by Gasteiger charge is -2.10. The molecule has 0 saturated carbocycles. The van der Waals surface area contributed by atoms with Crippen LogP contribution in [-0.2, 0) is 14.3 Å². The number of carbonyl (C=O) groups excluding carboxylic acids is 2. The van der Waals surface area contributed by atoms with E-state index in [0.29, 0.717) is 25.4 Å². The lowest BCUT2D eigenvalue weighted by atomic mass is 10.3. The fourth-order valence-corrected chi connectivity index (χ4v) is 1.52. The topological polar surface area (TPSA) is 87.8 Å². The highest BCUT2D eigenvalue weighted by molar-refractivity contribution is 5.81. The summed E-state index contributed by atoms with van der Waals surface area (Å²) in [7, 11) is 0. The third-order valence-electron chi connectivity index (χ3n) is 2.64. The number of primary amides is 1. The van der Waals surface area contributed by atoms with E-state index in [2.05, 4.69) is 0 Å². The van der Waals surface area contributed by atoms with Gasteiger partial charge in [0.05, 0.1) is 13.2 Å². The van der Waals surface area contributed by atoms with Gasteiger partial charge in [-0.1, -0.05) is 0 Å². The number of nitrogens with two attached hydrogens (primary N) is 1. The van der Waals surface area contributed by atoms with Crippen LogP contribution in [0.5, 0.6) is 11.5 Å². The van der Waals surface area contributed by atoms with Crippen LogP contribution >= 0.6 is 0 Å². The molecule has 6 nitrogen and oxygen atoms in total. The van der Waals surface area contributed by atoms with Crippen molar-refractivity contribution < 1.29 is 23.8 Å². The first-order valence-corrected chi connectivity index (χ1v) is 6.87. The van der Waals surface area contributed by atoms with E-state index < -0.39 is 18.0 Å². The second-order valence-electron chi connectivity index (χ2n) is 4.39. The van der Waals surface area contributed by atoms with Crippen LogP contribution < -0.4 is 15.2 Å². The Morgan fingerprint density at radius 1 is 1.14 bits per heavy atom. The van der Waals surface area contributed by atoms with Gasteiger partial charge in [0.1, 0.15) is 11.5 Å². The molecular weight excluding hydrogens is 274 g/mol. The predicted molar refractivity (Wildman–Crippen MR) is 77.1 cm³/mol. The molecule has 21 heavy (non-hydrogen) atoms. The monoisotopic (exact) mass is 295 g/mol. The zero-order valence-corrected chi connectivity index (χ0v) is 12.3. The van der Waals surface area contributed by atoms with Crippen molar-refractivity contribution in [3.05, 3.63) is 24.3 Å². The van der Waals surface area contributed by atoms with E-state index >= 15 is 0 Å². The number of amides is 1. The Balaban J connectivity index is 2.21. The Bertz CT molecular complexity index is 458. The van der Waals surface area contributed by atoms with E-state index in [1.165, 1.54) is 6.92 Å². The van der Waals surface area contributed by atoms with Crippen molar-refractivity contribution >= 4 is 11.9 Å². The Morgan fingerprint density at radius 2 is 1.71 bits per heavy atom. The Kier molecular flexibility index (Phi) is 7.08. The molecule has 0 aromatic heterocycles. The van der Waals surface area contributed by atoms with Crippen LogP contribution in [0.15, 0.2) is 24.3 Å². The van der Waals surface area contributed by atoms with Crippen molar-refractivity contribution in [3.8, 4) is 11.5 Å². The normalized spacial score (nSPS) is 11.5. The molecule has 0 unspecified atom stereocenters.